The lowest BCUT2D eigenvalue weighted by atomic mass is 9.68. The molecule has 1 aliphatic heterocycles. The highest BCUT2D eigenvalue weighted by Gasteiger charge is 2.44. The molecular weight excluding hydrogens is 384 g/mol. The first-order chi connectivity index (χ1) is 14.7. The monoisotopic (exact) mass is 412 g/mol. The average molecular weight is 413 g/mol. The van der Waals surface area contributed by atoms with E-state index in [4.69, 9.17) is 5.73 Å². The van der Waals surface area contributed by atoms with Crippen molar-refractivity contribution in [1.82, 2.24) is 0 Å². The molecule has 0 saturated heterocycles. The highest BCUT2D eigenvalue weighted by molar-refractivity contribution is 6.01. The van der Waals surface area contributed by atoms with Crippen LogP contribution in [0.15, 0.2) is 77.3 Å². The van der Waals surface area contributed by atoms with E-state index < -0.39 is 5.92 Å². The molecule has 0 fully saturated rings. The number of nitriles is 1. The van der Waals surface area contributed by atoms with Crippen molar-refractivity contribution in [3.63, 3.8) is 0 Å². The Bertz CT molecular complexity index is 1120. The first-order valence-electron chi connectivity index (χ1n) is 10.5. The molecule has 158 valence electrons. The maximum absolute atomic E-state index is 13.5. The summed E-state index contributed by atoms with van der Waals surface area (Å²) < 4.78 is 0. The third-order valence-corrected chi connectivity index (χ3v) is 6.14. The molecule has 0 spiro atoms. The van der Waals surface area contributed by atoms with Crippen LogP contribution in [-0.2, 0) is 4.79 Å². The Hall–Kier alpha value is -3.52. The minimum Gasteiger partial charge on any atom is -0.384 e. The number of rotatable bonds is 3. The predicted octanol–water partition coefficient (Wildman–Crippen LogP) is 4.69. The topological polar surface area (TPSA) is 73.4 Å². The smallest absolute Gasteiger partial charge is 0.162 e. The first kappa shape index (κ1) is 20.7. The summed E-state index contributed by atoms with van der Waals surface area (Å²) in [5.74, 6) is 0.0496. The van der Waals surface area contributed by atoms with E-state index in [0.717, 1.165) is 22.6 Å². The molecule has 2 aromatic rings. The van der Waals surface area contributed by atoms with Crippen molar-refractivity contribution in [2.75, 3.05) is 23.9 Å². The molecule has 5 heteroatoms. The lowest BCUT2D eigenvalue weighted by Gasteiger charge is -2.43. The van der Waals surface area contributed by atoms with Gasteiger partial charge in [0.1, 0.15) is 5.82 Å². The average Bonchev–Trinajstić information content (AvgIpc) is 2.73. The van der Waals surface area contributed by atoms with Gasteiger partial charge in [-0.15, -0.1) is 0 Å². The normalized spacial score (nSPS) is 20.4. The largest absolute Gasteiger partial charge is 0.384 e. The molecule has 1 atom stereocenters. The van der Waals surface area contributed by atoms with E-state index in [-0.39, 0.29) is 11.2 Å². The fourth-order valence-electron chi connectivity index (χ4n) is 4.68. The van der Waals surface area contributed by atoms with Crippen LogP contribution in [0.1, 0.15) is 38.2 Å². The second kappa shape index (κ2) is 7.63. The number of hydrogen-bond acceptors (Lipinski definition) is 5. The molecule has 0 radical (unpaired) electrons. The number of allylic oxidation sites excluding steroid dienone is 3. The number of anilines is 2. The Labute approximate surface area is 184 Å². The number of benzene rings is 2. The molecule has 0 amide bonds. The molecule has 0 bridgehead atoms. The van der Waals surface area contributed by atoms with Crippen molar-refractivity contribution < 1.29 is 4.79 Å². The van der Waals surface area contributed by atoms with Crippen LogP contribution >= 0.6 is 0 Å². The van der Waals surface area contributed by atoms with Crippen molar-refractivity contribution in [1.29, 1.82) is 5.26 Å². The number of para-hydroxylation sites is 1. The molecule has 1 aliphatic carbocycles. The highest BCUT2D eigenvalue weighted by atomic mass is 16.1. The van der Waals surface area contributed by atoms with Crippen molar-refractivity contribution in [2.24, 2.45) is 11.1 Å². The van der Waals surface area contributed by atoms with E-state index in [2.05, 4.69) is 19.9 Å². The maximum atomic E-state index is 13.5. The van der Waals surface area contributed by atoms with Gasteiger partial charge in [-0.25, -0.2) is 0 Å². The van der Waals surface area contributed by atoms with Gasteiger partial charge in [-0.2, -0.15) is 5.26 Å². The number of ketones is 1. The molecule has 0 unspecified atom stereocenters. The van der Waals surface area contributed by atoms with Gasteiger partial charge in [-0.1, -0.05) is 44.2 Å². The highest BCUT2D eigenvalue weighted by Crippen LogP contribution is 2.50. The van der Waals surface area contributed by atoms with Crippen LogP contribution in [0.4, 0.5) is 11.4 Å². The van der Waals surface area contributed by atoms with E-state index in [1.165, 1.54) is 0 Å². The van der Waals surface area contributed by atoms with Crippen LogP contribution in [-0.4, -0.2) is 19.9 Å². The quantitative estimate of drug-likeness (QED) is 0.791. The van der Waals surface area contributed by atoms with Crippen LogP contribution < -0.4 is 15.5 Å². The zero-order valence-corrected chi connectivity index (χ0v) is 18.5. The lowest BCUT2D eigenvalue weighted by Crippen LogP contribution is -2.42. The Morgan fingerprint density at radius 3 is 2.29 bits per heavy atom. The SMILES string of the molecule is CN(C)c1ccc([C@@H]2C(C#N)=C(N)N(c3ccccc3)C3=C2C(=O)CC(C)(C)C3)cc1. The van der Waals surface area contributed by atoms with Gasteiger partial charge in [-0.3, -0.25) is 9.69 Å². The van der Waals surface area contributed by atoms with Crippen LogP contribution in [0.3, 0.4) is 0 Å². The number of carbonyl (C=O) groups excluding carboxylic acids is 1. The van der Waals surface area contributed by atoms with E-state index in [1.54, 1.807) is 0 Å². The number of Topliss-reactive ketones (excluding diaryl/α,β-unsaturated/α-hetero) is 1. The third-order valence-electron chi connectivity index (χ3n) is 6.14. The Morgan fingerprint density at radius 2 is 1.71 bits per heavy atom. The zero-order chi connectivity index (χ0) is 22.3. The van der Waals surface area contributed by atoms with Gasteiger partial charge in [0.05, 0.1) is 17.6 Å². The van der Waals surface area contributed by atoms with Gasteiger partial charge < -0.3 is 10.6 Å². The van der Waals surface area contributed by atoms with Gasteiger partial charge in [0.15, 0.2) is 5.78 Å². The number of nitrogens with two attached hydrogens (primary N) is 1. The molecule has 2 N–H and O–H groups in total. The Kier molecular flexibility index (Phi) is 5.10. The summed E-state index contributed by atoms with van der Waals surface area (Å²) in [6.45, 7) is 4.22. The van der Waals surface area contributed by atoms with E-state index >= 15 is 0 Å². The summed E-state index contributed by atoms with van der Waals surface area (Å²) in [4.78, 5) is 17.4. The predicted molar refractivity (Wildman–Crippen MR) is 124 cm³/mol. The molecule has 0 saturated carbocycles. The summed E-state index contributed by atoms with van der Waals surface area (Å²) in [6, 6.07) is 20.1. The standard InChI is InChI=1S/C26H28N4O/c1-26(2)14-21-24(22(31)15-26)23(17-10-12-18(13-11-17)29(3)4)20(16-27)25(28)30(21)19-8-6-5-7-9-19/h5-13,23H,14-15,28H2,1-4H3/t23-/m1/s1. The second-order valence-electron chi connectivity index (χ2n) is 9.30. The summed E-state index contributed by atoms with van der Waals surface area (Å²) in [5.41, 5.74) is 11.3. The van der Waals surface area contributed by atoms with Gasteiger partial charge in [-0.05, 0) is 41.7 Å². The fraction of sp³-hybridized carbons (Fsp3) is 0.308. The third kappa shape index (κ3) is 3.59. The van der Waals surface area contributed by atoms with Gasteiger partial charge in [0.2, 0.25) is 0 Å². The first-order valence-corrected chi connectivity index (χ1v) is 10.5. The molecule has 31 heavy (non-hydrogen) atoms. The summed E-state index contributed by atoms with van der Waals surface area (Å²) in [5, 5.41) is 10.1. The van der Waals surface area contributed by atoms with E-state index in [1.807, 2.05) is 78.5 Å². The van der Waals surface area contributed by atoms with Crippen molar-refractivity contribution in [3.05, 3.63) is 82.8 Å². The molecule has 2 aromatic carbocycles. The van der Waals surface area contributed by atoms with Gasteiger partial charge >= 0.3 is 0 Å². The molecule has 1 heterocycles. The molecule has 5 nitrogen and oxygen atoms in total. The summed E-state index contributed by atoms with van der Waals surface area (Å²) in [7, 11) is 3.97. The van der Waals surface area contributed by atoms with Crippen LogP contribution in [0.2, 0.25) is 0 Å². The molecule has 4 rings (SSSR count). The van der Waals surface area contributed by atoms with Crippen LogP contribution in [0.5, 0.6) is 0 Å². The summed E-state index contributed by atoms with van der Waals surface area (Å²) >= 11 is 0. The van der Waals surface area contributed by atoms with E-state index in [0.29, 0.717) is 29.8 Å². The Balaban J connectivity index is 1.95. The van der Waals surface area contributed by atoms with Crippen molar-refractivity contribution in [3.8, 4) is 6.07 Å². The molecule has 2 aliphatic rings. The summed E-state index contributed by atoms with van der Waals surface area (Å²) in [6.07, 6.45) is 1.17. The Morgan fingerprint density at radius 1 is 1.06 bits per heavy atom. The number of hydrogen-bond donors (Lipinski definition) is 1. The molecule has 0 aromatic heterocycles. The fourth-order valence-corrected chi connectivity index (χ4v) is 4.68. The van der Waals surface area contributed by atoms with Gasteiger partial charge in [0, 0.05) is 43.2 Å². The van der Waals surface area contributed by atoms with Crippen LogP contribution in [0.25, 0.3) is 0 Å². The second-order valence-corrected chi connectivity index (χ2v) is 9.30. The van der Waals surface area contributed by atoms with Crippen LogP contribution in [0, 0.1) is 16.7 Å². The zero-order valence-electron chi connectivity index (χ0n) is 18.5. The minimum absolute atomic E-state index is 0.0918. The number of nitrogens with zero attached hydrogens (tertiary/aromatic N) is 3. The van der Waals surface area contributed by atoms with Crippen molar-refractivity contribution >= 4 is 17.2 Å². The lowest BCUT2D eigenvalue weighted by molar-refractivity contribution is -0.118. The minimum atomic E-state index is -0.445. The molecular formula is C26H28N4O. The van der Waals surface area contributed by atoms with E-state index in [9.17, 15) is 10.1 Å². The number of carbonyl (C=O) groups is 1. The van der Waals surface area contributed by atoms with Gasteiger partial charge in [0.25, 0.3) is 0 Å². The maximum Gasteiger partial charge on any atom is 0.162 e. The van der Waals surface area contributed by atoms with Crippen molar-refractivity contribution in [2.45, 2.75) is 32.6 Å².